The molecule has 0 aromatic heterocycles. The van der Waals surface area contributed by atoms with Gasteiger partial charge in [0, 0.05) is 0 Å². The fourth-order valence-corrected chi connectivity index (χ4v) is 2.83. The van der Waals surface area contributed by atoms with Crippen LogP contribution >= 0.6 is 0 Å². The van der Waals surface area contributed by atoms with E-state index in [2.05, 4.69) is 0 Å². The second-order valence-electron chi connectivity index (χ2n) is 5.53. The largest absolute Gasteiger partial charge is 0.457 e. The molecule has 1 aliphatic carbocycles. The third kappa shape index (κ3) is 2.95. The van der Waals surface area contributed by atoms with Crippen molar-refractivity contribution in [1.29, 1.82) is 0 Å². The number of benzene rings is 2. The smallest absolute Gasteiger partial charge is 0.416 e. The summed E-state index contributed by atoms with van der Waals surface area (Å²) in [5.41, 5.74) is 7.22. The van der Waals surface area contributed by atoms with Crippen LogP contribution in [0.1, 0.15) is 16.7 Å². The quantitative estimate of drug-likeness (QED) is 0.923. The van der Waals surface area contributed by atoms with Crippen molar-refractivity contribution in [2.75, 3.05) is 6.54 Å². The van der Waals surface area contributed by atoms with E-state index < -0.39 is 11.7 Å². The fourth-order valence-electron chi connectivity index (χ4n) is 2.83. The van der Waals surface area contributed by atoms with Crippen LogP contribution in [0, 0.1) is 5.92 Å². The summed E-state index contributed by atoms with van der Waals surface area (Å²) in [4.78, 5) is 0. The summed E-state index contributed by atoms with van der Waals surface area (Å²) in [5.74, 6) is 1.19. The minimum Gasteiger partial charge on any atom is -0.457 e. The molecule has 0 saturated heterocycles. The van der Waals surface area contributed by atoms with Crippen molar-refractivity contribution in [3.63, 3.8) is 0 Å². The summed E-state index contributed by atoms with van der Waals surface area (Å²) in [6.07, 6.45) is -2.67. The molecule has 2 aromatic rings. The molecule has 0 saturated carbocycles. The van der Waals surface area contributed by atoms with Gasteiger partial charge < -0.3 is 10.5 Å². The van der Waals surface area contributed by atoms with Crippen molar-refractivity contribution in [3.05, 3.63) is 59.2 Å². The third-order valence-corrected chi connectivity index (χ3v) is 3.95. The molecule has 0 spiro atoms. The van der Waals surface area contributed by atoms with Crippen LogP contribution in [0.3, 0.4) is 0 Å². The lowest BCUT2D eigenvalue weighted by molar-refractivity contribution is -0.137. The Morgan fingerprint density at radius 2 is 1.86 bits per heavy atom. The normalized spacial score (nSPS) is 17.4. The Morgan fingerprint density at radius 3 is 2.59 bits per heavy atom. The Morgan fingerprint density at radius 1 is 1.09 bits per heavy atom. The van der Waals surface area contributed by atoms with E-state index in [1.807, 2.05) is 12.1 Å². The fraction of sp³-hybridized carbons (Fsp3) is 0.294. The molecule has 0 radical (unpaired) electrons. The minimum atomic E-state index is -4.37. The maximum absolute atomic E-state index is 12.8. The van der Waals surface area contributed by atoms with Crippen molar-refractivity contribution in [2.45, 2.75) is 19.0 Å². The Kier molecular flexibility index (Phi) is 3.83. The standard InChI is InChI=1S/C17H16F3NO/c18-17(19,20)13-4-2-5-14(9-13)22-16-6-1-3-12-7-11(10-21)8-15(12)16/h1-6,9,11H,7-8,10,21H2. The van der Waals surface area contributed by atoms with Gasteiger partial charge in [-0.05, 0) is 60.7 Å². The van der Waals surface area contributed by atoms with Gasteiger partial charge in [0.05, 0.1) is 5.56 Å². The van der Waals surface area contributed by atoms with Gasteiger partial charge >= 0.3 is 6.18 Å². The molecule has 1 atom stereocenters. The molecule has 0 heterocycles. The van der Waals surface area contributed by atoms with E-state index in [0.717, 1.165) is 30.5 Å². The number of hydrogen-bond donors (Lipinski definition) is 1. The number of fused-ring (bicyclic) bond motifs is 1. The molecular weight excluding hydrogens is 291 g/mol. The molecule has 0 fully saturated rings. The first-order chi connectivity index (χ1) is 10.5. The predicted molar refractivity (Wildman–Crippen MR) is 77.9 cm³/mol. The molecule has 2 N–H and O–H groups in total. The molecule has 2 nitrogen and oxygen atoms in total. The molecule has 0 bridgehead atoms. The van der Waals surface area contributed by atoms with Crippen molar-refractivity contribution in [2.24, 2.45) is 11.7 Å². The number of hydrogen-bond acceptors (Lipinski definition) is 2. The number of rotatable bonds is 3. The van der Waals surface area contributed by atoms with Crippen LogP contribution in [-0.2, 0) is 19.0 Å². The van der Waals surface area contributed by atoms with Gasteiger partial charge in [-0.15, -0.1) is 0 Å². The molecule has 2 aromatic carbocycles. The predicted octanol–water partition coefficient (Wildman–Crippen LogP) is 4.17. The van der Waals surface area contributed by atoms with Gasteiger partial charge in [-0.2, -0.15) is 13.2 Å². The first-order valence-corrected chi connectivity index (χ1v) is 7.13. The van der Waals surface area contributed by atoms with E-state index in [1.54, 1.807) is 6.07 Å². The maximum Gasteiger partial charge on any atom is 0.416 e. The highest BCUT2D eigenvalue weighted by atomic mass is 19.4. The van der Waals surface area contributed by atoms with Crippen LogP contribution < -0.4 is 10.5 Å². The third-order valence-electron chi connectivity index (χ3n) is 3.95. The van der Waals surface area contributed by atoms with Gasteiger partial charge in [0.15, 0.2) is 0 Å². The summed E-state index contributed by atoms with van der Waals surface area (Å²) < 4.78 is 44.0. The second-order valence-corrected chi connectivity index (χ2v) is 5.53. The van der Waals surface area contributed by atoms with Crippen LogP contribution in [0.25, 0.3) is 0 Å². The molecule has 1 aliphatic rings. The lowest BCUT2D eigenvalue weighted by atomic mass is 10.1. The van der Waals surface area contributed by atoms with Crippen LogP contribution in [0.5, 0.6) is 11.5 Å². The SMILES string of the molecule is NCC1Cc2cccc(Oc3cccc(C(F)(F)F)c3)c2C1. The van der Waals surface area contributed by atoms with Crippen molar-refractivity contribution < 1.29 is 17.9 Å². The number of nitrogens with two attached hydrogens (primary N) is 1. The first kappa shape index (κ1) is 14.9. The summed E-state index contributed by atoms with van der Waals surface area (Å²) in [6.45, 7) is 0.595. The highest BCUT2D eigenvalue weighted by Gasteiger charge is 2.31. The molecule has 5 heteroatoms. The number of ether oxygens (including phenoxy) is 1. The van der Waals surface area contributed by atoms with Crippen molar-refractivity contribution in [1.82, 2.24) is 0 Å². The topological polar surface area (TPSA) is 35.2 Å². The van der Waals surface area contributed by atoms with E-state index in [1.165, 1.54) is 17.7 Å². The summed E-state index contributed by atoms with van der Waals surface area (Å²) in [5, 5.41) is 0. The number of halogens is 3. The van der Waals surface area contributed by atoms with E-state index in [0.29, 0.717) is 18.2 Å². The first-order valence-electron chi connectivity index (χ1n) is 7.13. The molecular formula is C17H16F3NO. The van der Waals surface area contributed by atoms with Gasteiger partial charge in [-0.1, -0.05) is 18.2 Å². The molecule has 116 valence electrons. The Balaban J connectivity index is 1.88. The van der Waals surface area contributed by atoms with Gasteiger partial charge in [-0.25, -0.2) is 0 Å². The lowest BCUT2D eigenvalue weighted by Crippen LogP contribution is -2.13. The van der Waals surface area contributed by atoms with Gasteiger partial charge in [0.2, 0.25) is 0 Å². The molecule has 22 heavy (non-hydrogen) atoms. The highest BCUT2D eigenvalue weighted by molar-refractivity contribution is 5.46. The second kappa shape index (κ2) is 5.65. The summed E-state index contributed by atoms with van der Waals surface area (Å²) in [6, 6.07) is 10.6. The van der Waals surface area contributed by atoms with Crippen LogP contribution in [0.4, 0.5) is 13.2 Å². The molecule has 0 amide bonds. The van der Waals surface area contributed by atoms with Crippen LogP contribution in [0.15, 0.2) is 42.5 Å². The van der Waals surface area contributed by atoms with E-state index >= 15 is 0 Å². The lowest BCUT2D eigenvalue weighted by Gasteiger charge is -2.12. The summed E-state index contributed by atoms with van der Waals surface area (Å²) >= 11 is 0. The molecule has 3 rings (SSSR count). The Bertz CT molecular complexity index is 682. The van der Waals surface area contributed by atoms with Crippen molar-refractivity contribution >= 4 is 0 Å². The molecule has 1 unspecified atom stereocenters. The maximum atomic E-state index is 12.8. The minimum absolute atomic E-state index is 0.194. The molecule has 0 aliphatic heterocycles. The zero-order chi connectivity index (χ0) is 15.7. The van der Waals surface area contributed by atoms with E-state index in [-0.39, 0.29) is 5.75 Å². The average Bonchev–Trinajstić information content (AvgIpc) is 2.91. The number of alkyl halides is 3. The van der Waals surface area contributed by atoms with Gasteiger partial charge in [-0.3, -0.25) is 0 Å². The monoisotopic (exact) mass is 307 g/mol. The van der Waals surface area contributed by atoms with E-state index in [9.17, 15) is 13.2 Å². The van der Waals surface area contributed by atoms with Crippen LogP contribution in [0.2, 0.25) is 0 Å². The Labute approximate surface area is 126 Å². The average molecular weight is 307 g/mol. The van der Waals surface area contributed by atoms with Crippen molar-refractivity contribution in [3.8, 4) is 11.5 Å². The van der Waals surface area contributed by atoms with Gasteiger partial charge in [0.25, 0.3) is 0 Å². The van der Waals surface area contributed by atoms with Crippen LogP contribution in [-0.4, -0.2) is 6.54 Å². The Hall–Kier alpha value is -2.01. The van der Waals surface area contributed by atoms with Gasteiger partial charge in [0.1, 0.15) is 11.5 Å². The zero-order valence-corrected chi connectivity index (χ0v) is 11.9. The zero-order valence-electron chi connectivity index (χ0n) is 11.9. The highest BCUT2D eigenvalue weighted by Crippen LogP contribution is 2.37. The van der Waals surface area contributed by atoms with E-state index in [4.69, 9.17) is 10.5 Å². The summed E-state index contributed by atoms with van der Waals surface area (Å²) in [7, 11) is 0.